The van der Waals surface area contributed by atoms with Crippen LogP contribution >= 0.6 is 0 Å². The molecule has 2 N–H and O–H groups in total. The van der Waals surface area contributed by atoms with Gasteiger partial charge in [-0.3, -0.25) is 14.9 Å². The van der Waals surface area contributed by atoms with Crippen molar-refractivity contribution in [2.75, 3.05) is 5.32 Å². The third-order valence-corrected chi connectivity index (χ3v) is 3.33. The lowest BCUT2D eigenvalue weighted by molar-refractivity contribution is -0.384. The number of phenols is 1. The topological polar surface area (TPSA) is 123 Å². The van der Waals surface area contributed by atoms with Crippen LogP contribution in [0.4, 0.5) is 11.4 Å². The monoisotopic (exact) mass is 326 g/mol. The van der Waals surface area contributed by atoms with Crippen LogP contribution in [0.15, 0.2) is 57.7 Å². The second-order valence-electron chi connectivity index (χ2n) is 4.90. The molecule has 3 aromatic rings. The molecule has 0 unspecified atom stereocenters. The fraction of sp³-hybridized carbons (Fsp3) is 0. The number of non-ortho nitro benzene ring substituents is 1. The summed E-state index contributed by atoms with van der Waals surface area (Å²) in [4.78, 5) is 34.1. The molecule has 1 heterocycles. The zero-order valence-corrected chi connectivity index (χ0v) is 12.1. The van der Waals surface area contributed by atoms with Gasteiger partial charge in [-0.25, -0.2) is 4.79 Å². The third kappa shape index (κ3) is 2.80. The van der Waals surface area contributed by atoms with Gasteiger partial charge in [0, 0.05) is 11.5 Å². The summed E-state index contributed by atoms with van der Waals surface area (Å²) in [5.41, 5.74) is -1.11. The summed E-state index contributed by atoms with van der Waals surface area (Å²) in [5, 5.41) is 23.3. The number of nitro groups is 1. The van der Waals surface area contributed by atoms with Gasteiger partial charge >= 0.3 is 5.63 Å². The van der Waals surface area contributed by atoms with E-state index >= 15 is 0 Å². The number of hydrogen-bond donors (Lipinski definition) is 2. The van der Waals surface area contributed by atoms with Crippen molar-refractivity contribution in [1.82, 2.24) is 0 Å². The Morgan fingerprint density at radius 3 is 2.62 bits per heavy atom. The lowest BCUT2D eigenvalue weighted by Crippen LogP contribution is -2.20. The SMILES string of the molecule is O=C(Nc1ccc([N+](=O)[O-])cc1O)c1cc2ccccc2oc1=O. The van der Waals surface area contributed by atoms with E-state index in [2.05, 4.69) is 5.32 Å². The molecule has 24 heavy (non-hydrogen) atoms. The Balaban J connectivity index is 1.94. The summed E-state index contributed by atoms with van der Waals surface area (Å²) in [7, 11) is 0. The Kier molecular flexibility index (Phi) is 3.70. The number of nitrogens with one attached hydrogen (secondary N) is 1. The molecule has 0 atom stereocenters. The van der Waals surface area contributed by atoms with E-state index in [0.717, 1.165) is 12.1 Å². The number of aromatic hydroxyl groups is 1. The van der Waals surface area contributed by atoms with Crippen LogP contribution in [0.5, 0.6) is 5.75 Å². The first kappa shape index (κ1) is 15.2. The highest BCUT2D eigenvalue weighted by molar-refractivity contribution is 6.06. The van der Waals surface area contributed by atoms with E-state index in [0.29, 0.717) is 11.0 Å². The molecule has 0 aliphatic carbocycles. The number of para-hydroxylation sites is 1. The first-order chi connectivity index (χ1) is 11.5. The van der Waals surface area contributed by atoms with Gasteiger partial charge in [-0.1, -0.05) is 18.2 Å². The second kappa shape index (κ2) is 5.84. The number of carbonyl (C=O) groups is 1. The maximum atomic E-state index is 12.2. The van der Waals surface area contributed by atoms with E-state index in [9.17, 15) is 24.8 Å². The van der Waals surface area contributed by atoms with Gasteiger partial charge in [0.25, 0.3) is 11.6 Å². The number of phenolic OH excluding ortho intramolecular Hbond substituents is 1. The van der Waals surface area contributed by atoms with Crippen molar-refractivity contribution < 1.29 is 19.2 Å². The summed E-state index contributed by atoms with van der Waals surface area (Å²) in [6.45, 7) is 0. The Bertz CT molecular complexity index is 1020. The van der Waals surface area contributed by atoms with E-state index in [1.807, 2.05) is 0 Å². The highest BCUT2D eigenvalue weighted by Gasteiger charge is 2.17. The molecule has 0 saturated heterocycles. The van der Waals surface area contributed by atoms with Crippen LogP contribution in [0.3, 0.4) is 0 Å². The Morgan fingerprint density at radius 2 is 1.92 bits per heavy atom. The number of rotatable bonds is 3. The molecule has 0 radical (unpaired) electrons. The number of carbonyl (C=O) groups excluding carboxylic acids is 1. The molecule has 0 fully saturated rings. The van der Waals surface area contributed by atoms with Gasteiger partial charge in [0.2, 0.25) is 0 Å². The predicted molar refractivity (Wildman–Crippen MR) is 85.2 cm³/mol. The van der Waals surface area contributed by atoms with Crippen LogP contribution in [0, 0.1) is 10.1 Å². The van der Waals surface area contributed by atoms with Gasteiger partial charge < -0.3 is 14.8 Å². The van der Waals surface area contributed by atoms with E-state index in [1.165, 1.54) is 12.1 Å². The Morgan fingerprint density at radius 1 is 1.17 bits per heavy atom. The van der Waals surface area contributed by atoms with Gasteiger partial charge in [0.15, 0.2) is 0 Å². The van der Waals surface area contributed by atoms with E-state index in [1.54, 1.807) is 24.3 Å². The predicted octanol–water partition coefficient (Wildman–Crippen LogP) is 2.66. The first-order valence-corrected chi connectivity index (χ1v) is 6.77. The Hall–Kier alpha value is -3.68. The zero-order chi connectivity index (χ0) is 17.3. The van der Waals surface area contributed by atoms with E-state index in [-0.39, 0.29) is 16.9 Å². The molecule has 3 rings (SSSR count). The average molecular weight is 326 g/mol. The van der Waals surface area contributed by atoms with Gasteiger partial charge in [-0.15, -0.1) is 0 Å². The largest absolute Gasteiger partial charge is 0.506 e. The lowest BCUT2D eigenvalue weighted by atomic mass is 10.1. The van der Waals surface area contributed by atoms with Crippen molar-refractivity contribution in [3.8, 4) is 5.75 Å². The van der Waals surface area contributed by atoms with Crippen LogP contribution in [0.2, 0.25) is 0 Å². The molecule has 8 nitrogen and oxygen atoms in total. The van der Waals surface area contributed by atoms with Gasteiger partial charge in [-0.2, -0.15) is 0 Å². The molecule has 120 valence electrons. The Labute approximate surface area is 134 Å². The molecule has 0 saturated carbocycles. The highest BCUT2D eigenvalue weighted by Crippen LogP contribution is 2.28. The van der Waals surface area contributed by atoms with Crippen LogP contribution in [0.25, 0.3) is 11.0 Å². The molecular weight excluding hydrogens is 316 g/mol. The standard InChI is InChI=1S/C16H10N2O6/c19-13-8-10(18(22)23)5-6-12(13)17-15(20)11-7-9-3-1-2-4-14(9)24-16(11)21/h1-8,19H,(H,17,20). The minimum Gasteiger partial charge on any atom is -0.506 e. The normalized spacial score (nSPS) is 10.5. The fourth-order valence-electron chi connectivity index (χ4n) is 2.15. The number of hydrogen-bond acceptors (Lipinski definition) is 6. The van der Waals surface area contributed by atoms with Crippen molar-refractivity contribution in [3.63, 3.8) is 0 Å². The lowest BCUT2D eigenvalue weighted by Gasteiger charge is -2.07. The quantitative estimate of drug-likeness (QED) is 0.330. The number of fused-ring (bicyclic) bond motifs is 1. The number of amides is 1. The average Bonchev–Trinajstić information content (AvgIpc) is 2.55. The van der Waals surface area contributed by atoms with E-state index < -0.39 is 22.2 Å². The van der Waals surface area contributed by atoms with Crippen molar-refractivity contribution >= 4 is 28.3 Å². The second-order valence-corrected chi connectivity index (χ2v) is 4.90. The minimum absolute atomic E-state index is 0.0573. The molecule has 8 heteroatoms. The first-order valence-electron chi connectivity index (χ1n) is 6.77. The zero-order valence-electron chi connectivity index (χ0n) is 12.1. The maximum Gasteiger partial charge on any atom is 0.349 e. The summed E-state index contributed by atoms with van der Waals surface area (Å²) >= 11 is 0. The number of anilines is 1. The number of benzene rings is 2. The molecule has 0 bridgehead atoms. The van der Waals surface area contributed by atoms with Crippen molar-refractivity contribution in [2.24, 2.45) is 0 Å². The van der Waals surface area contributed by atoms with Gasteiger partial charge in [-0.05, 0) is 18.2 Å². The van der Waals surface area contributed by atoms with Crippen LogP contribution < -0.4 is 10.9 Å². The highest BCUT2D eigenvalue weighted by atomic mass is 16.6. The molecule has 1 aromatic heterocycles. The summed E-state index contributed by atoms with van der Waals surface area (Å²) in [6.07, 6.45) is 0. The van der Waals surface area contributed by atoms with E-state index in [4.69, 9.17) is 4.42 Å². The number of nitro benzene ring substituents is 1. The molecule has 0 aliphatic rings. The molecule has 2 aromatic carbocycles. The van der Waals surface area contributed by atoms with Crippen LogP contribution in [-0.4, -0.2) is 15.9 Å². The van der Waals surface area contributed by atoms with Crippen molar-refractivity contribution in [2.45, 2.75) is 0 Å². The fourth-order valence-corrected chi connectivity index (χ4v) is 2.15. The third-order valence-electron chi connectivity index (χ3n) is 3.33. The molecule has 0 spiro atoms. The van der Waals surface area contributed by atoms with Crippen LogP contribution in [0.1, 0.15) is 10.4 Å². The smallest absolute Gasteiger partial charge is 0.349 e. The molecular formula is C16H10N2O6. The molecule has 1 amide bonds. The summed E-state index contributed by atoms with van der Waals surface area (Å²) in [6, 6.07) is 11.3. The van der Waals surface area contributed by atoms with Crippen molar-refractivity contribution in [1.29, 1.82) is 0 Å². The molecule has 0 aliphatic heterocycles. The van der Waals surface area contributed by atoms with Gasteiger partial charge in [0.05, 0.1) is 16.7 Å². The number of nitrogens with zero attached hydrogens (tertiary/aromatic N) is 1. The van der Waals surface area contributed by atoms with Crippen molar-refractivity contribution in [3.05, 3.63) is 74.6 Å². The summed E-state index contributed by atoms with van der Waals surface area (Å²) in [5.74, 6) is -1.28. The van der Waals surface area contributed by atoms with Gasteiger partial charge in [0.1, 0.15) is 16.9 Å². The maximum absolute atomic E-state index is 12.2. The summed E-state index contributed by atoms with van der Waals surface area (Å²) < 4.78 is 5.06. The minimum atomic E-state index is -0.826. The van der Waals surface area contributed by atoms with Crippen LogP contribution in [-0.2, 0) is 0 Å².